The van der Waals surface area contributed by atoms with Crippen LogP contribution in [0.4, 0.5) is 0 Å². The summed E-state index contributed by atoms with van der Waals surface area (Å²) >= 11 is 11.7. The molecule has 2 aromatic carbocycles. The number of alkyl halides is 1. The van der Waals surface area contributed by atoms with Crippen LogP contribution in [0.1, 0.15) is 0 Å². The van der Waals surface area contributed by atoms with Gasteiger partial charge in [0.2, 0.25) is 0 Å². The zero-order chi connectivity index (χ0) is 12.1. The van der Waals surface area contributed by atoms with Crippen LogP contribution in [0.2, 0.25) is 5.02 Å². The summed E-state index contributed by atoms with van der Waals surface area (Å²) in [4.78, 5) is 0. The molecule has 0 aliphatic heterocycles. The molecule has 0 heterocycles. The maximum absolute atomic E-state index is 6.15. The van der Waals surface area contributed by atoms with Crippen LogP contribution in [0.15, 0.2) is 48.5 Å². The van der Waals surface area contributed by atoms with Gasteiger partial charge >= 0.3 is 0 Å². The Morgan fingerprint density at radius 2 is 1.71 bits per heavy atom. The minimum absolute atomic E-state index is 0.455. The number of rotatable bonds is 4. The first-order chi connectivity index (χ1) is 8.31. The maximum atomic E-state index is 6.15. The van der Waals surface area contributed by atoms with Crippen LogP contribution in [0, 0.1) is 0 Å². The minimum atomic E-state index is 0.455. The van der Waals surface area contributed by atoms with Gasteiger partial charge < -0.3 is 4.74 Å². The lowest BCUT2D eigenvalue weighted by Gasteiger charge is -2.08. The third-order valence-corrected chi connectivity index (χ3v) is 2.82. The monoisotopic (exact) mass is 266 g/mol. The Morgan fingerprint density at radius 1 is 0.941 bits per heavy atom. The fourth-order valence-corrected chi connectivity index (χ4v) is 1.89. The Bertz CT molecular complexity index is 483. The molecule has 17 heavy (non-hydrogen) atoms. The molecule has 0 amide bonds. The van der Waals surface area contributed by atoms with Crippen molar-refractivity contribution in [3.8, 4) is 16.9 Å². The van der Waals surface area contributed by atoms with Crippen molar-refractivity contribution in [3.05, 3.63) is 53.6 Å². The van der Waals surface area contributed by atoms with Crippen LogP contribution in [-0.4, -0.2) is 12.5 Å². The summed E-state index contributed by atoms with van der Waals surface area (Å²) in [6, 6.07) is 15.9. The van der Waals surface area contributed by atoms with E-state index in [9.17, 15) is 0 Å². The molecule has 0 N–H and O–H groups in total. The summed E-state index contributed by atoms with van der Waals surface area (Å²) in [5.74, 6) is 1.13. The summed E-state index contributed by atoms with van der Waals surface area (Å²) < 4.78 is 5.41. The van der Waals surface area contributed by atoms with Crippen molar-refractivity contribution < 1.29 is 4.74 Å². The van der Waals surface area contributed by atoms with Gasteiger partial charge in [-0.3, -0.25) is 0 Å². The van der Waals surface area contributed by atoms with E-state index in [-0.39, 0.29) is 0 Å². The Kier molecular flexibility index (Phi) is 4.29. The van der Waals surface area contributed by atoms with E-state index in [1.165, 1.54) is 0 Å². The second kappa shape index (κ2) is 5.95. The molecule has 0 unspecified atom stereocenters. The molecule has 1 nitrogen and oxygen atoms in total. The second-order valence-corrected chi connectivity index (χ2v) is 4.33. The fourth-order valence-electron chi connectivity index (χ4n) is 1.58. The van der Waals surface area contributed by atoms with Crippen molar-refractivity contribution in [3.63, 3.8) is 0 Å². The molecule has 2 aromatic rings. The molecule has 0 saturated carbocycles. The van der Waals surface area contributed by atoms with Crippen LogP contribution in [0.5, 0.6) is 5.75 Å². The number of hydrogen-bond donors (Lipinski definition) is 0. The third kappa shape index (κ3) is 3.15. The zero-order valence-electron chi connectivity index (χ0n) is 9.20. The fraction of sp³-hybridized carbons (Fsp3) is 0.143. The normalized spacial score (nSPS) is 10.2. The van der Waals surface area contributed by atoms with Gasteiger partial charge in [0.15, 0.2) is 0 Å². The van der Waals surface area contributed by atoms with E-state index in [0.29, 0.717) is 23.3 Å². The minimum Gasteiger partial charge on any atom is -0.491 e. The van der Waals surface area contributed by atoms with Gasteiger partial charge in [-0.1, -0.05) is 48.0 Å². The predicted octanol–water partition coefficient (Wildman–Crippen LogP) is 4.62. The smallest absolute Gasteiger partial charge is 0.137 e. The molecule has 0 aromatic heterocycles. The SMILES string of the molecule is ClCCOc1ccc(-c2ccccc2)cc1Cl. The van der Waals surface area contributed by atoms with Gasteiger partial charge in [-0.15, -0.1) is 11.6 Å². The molecule has 0 fully saturated rings. The average molecular weight is 267 g/mol. The van der Waals surface area contributed by atoms with E-state index in [1.807, 2.05) is 48.5 Å². The van der Waals surface area contributed by atoms with Crippen LogP contribution in [-0.2, 0) is 0 Å². The number of hydrogen-bond acceptors (Lipinski definition) is 1. The summed E-state index contributed by atoms with van der Waals surface area (Å²) in [6.45, 7) is 0.464. The predicted molar refractivity (Wildman–Crippen MR) is 73.1 cm³/mol. The van der Waals surface area contributed by atoms with Gasteiger partial charge in [0.25, 0.3) is 0 Å². The quantitative estimate of drug-likeness (QED) is 0.734. The molecule has 0 bridgehead atoms. The van der Waals surface area contributed by atoms with Crippen molar-refractivity contribution >= 4 is 23.2 Å². The lowest BCUT2D eigenvalue weighted by Crippen LogP contribution is -1.98. The molecule has 2 rings (SSSR count). The highest BCUT2D eigenvalue weighted by molar-refractivity contribution is 6.32. The van der Waals surface area contributed by atoms with Crippen LogP contribution >= 0.6 is 23.2 Å². The summed E-state index contributed by atoms with van der Waals surface area (Å²) in [5, 5.41) is 0.608. The Balaban J connectivity index is 2.25. The maximum Gasteiger partial charge on any atom is 0.137 e. The van der Waals surface area contributed by atoms with Gasteiger partial charge in [0.1, 0.15) is 12.4 Å². The van der Waals surface area contributed by atoms with Crippen LogP contribution < -0.4 is 4.74 Å². The Hall–Kier alpha value is -1.18. The van der Waals surface area contributed by atoms with E-state index in [2.05, 4.69) is 0 Å². The van der Waals surface area contributed by atoms with Gasteiger partial charge in [-0.25, -0.2) is 0 Å². The largest absolute Gasteiger partial charge is 0.491 e. The number of benzene rings is 2. The molecular weight excluding hydrogens is 255 g/mol. The molecule has 0 spiro atoms. The molecule has 0 aliphatic rings. The van der Waals surface area contributed by atoms with E-state index >= 15 is 0 Å². The highest BCUT2D eigenvalue weighted by Crippen LogP contribution is 2.30. The molecule has 0 saturated heterocycles. The summed E-state index contributed by atoms with van der Waals surface area (Å²) in [6.07, 6.45) is 0. The van der Waals surface area contributed by atoms with Crippen molar-refractivity contribution in [1.29, 1.82) is 0 Å². The third-order valence-electron chi connectivity index (χ3n) is 2.37. The van der Waals surface area contributed by atoms with Crippen molar-refractivity contribution in [2.45, 2.75) is 0 Å². The summed E-state index contributed by atoms with van der Waals surface area (Å²) in [5.41, 5.74) is 2.21. The van der Waals surface area contributed by atoms with E-state index in [0.717, 1.165) is 11.1 Å². The lowest BCUT2D eigenvalue weighted by atomic mass is 10.1. The highest BCUT2D eigenvalue weighted by atomic mass is 35.5. The van der Waals surface area contributed by atoms with Gasteiger partial charge in [0.05, 0.1) is 10.9 Å². The number of halogens is 2. The zero-order valence-corrected chi connectivity index (χ0v) is 10.7. The molecule has 0 atom stereocenters. The molecular formula is C14H12Cl2O. The number of ether oxygens (including phenoxy) is 1. The van der Waals surface area contributed by atoms with Gasteiger partial charge in [-0.2, -0.15) is 0 Å². The van der Waals surface area contributed by atoms with Gasteiger partial charge in [0, 0.05) is 0 Å². The topological polar surface area (TPSA) is 9.23 Å². The Labute approximate surface area is 111 Å². The van der Waals surface area contributed by atoms with Crippen LogP contribution in [0.3, 0.4) is 0 Å². The molecule has 88 valence electrons. The van der Waals surface area contributed by atoms with E-state index < -0.39 is 0 Å². The van der Waals surface area contributed by atoms with Crippen molar-refractivity contribution in [2.24, 2.45) is 0 Å². The standard InChI is InChI=1S/C14H12Cl2O/c15-8-9-17-14-7-6-12(10-13(14)16)11-4-2-1-3-5-11/h1-7,10H,8-9H2. The Morgan fingerprint density at radius 3 is 2.35 bits per heavy atom. The molecule has 3 heteroatoms. The first kappa shape index (κ1) is 12.3. The molecule has 0 radical (unpaired) electrons. The molecule has 0 aliphatic carbocycles. The highest BCUT2D eigenvalue weighted by Gasteiger charge is 2.04. The van der Waals surface area contributed by atoms with Crippen molar-refractivity contribution in [2.75, 3.05) is 12.5 Å². The van der Waals surface area contributed by atoms with E-state index in [1.54, 1.807) is 0 Å². The first-order valence-corrected chi connectivity index (χ1v) is 6.26. The first-order valence-electron chi connectivity index (χ1n) is 5.35. The van der Waals surface area contributed by atoms with E-state index in [4.69, 9.17) is 27.9 Å². The van der Waals surface area contributed by atoms with Gasteiger partial charge in [-0.05, 0) is 23.3 Å². The van der Waals surface area contributed by atoms with Crippen LogP contribution in [0.25, 0.3) is 11.1 Å². The summed E-state index contributed by atoms with van der Waals surface area (Å²) in [7, 11) is 0. The van der Waals surface area contributed by atoms with Crippen molar-refractivity contribution in [1.82, 2.24) is 0 Å². The second-order valence-electron chi connectivity index (χ2n) is 3.55. The average Bonchev–Trinajstić information content (AvgIpc) is 2.38. The lowest BCUT2D eigenvalue weighted by molar-refractivity contribution is 0.343.